The summed E-state index contributed by atoms with van der Waals surface area (Å²) in [4.78, 5) is 10.5. The number of nitrogens with zero attached hydrogens (tertiary/aromatic N) is 1. The van der Waals surface area contributed by atoms with Crippen molar-refractivity contribution in [2.45, 2.75) is 32.7 Å². The molecule has 19 heavy (non-hydrogen) atoms. The van der Waals surface area contributed by atoms with Gasteiger partial charge in [0, 0.05) is 0 Å². The Morgan fingerprint density at radius 1 is 1.32 bits per heavy atom. The maximum Gasteiger partial charge on any atom is 0.235 e. The maximum absolute atomic E-state index is 4.02. The minimum Gasteiger partial charge on any atom is -0.345 e. The van der Waals surface area contributed by atoms with Gasteiger partial charge >= 0.3 is 0 Å². The second-order valence-corrected chi connectivity index (χ2v) is 5.21. The molecule has 0 fully saturated rings. The summed E-state index contributed by atoms with van der Waals surface area (Å²) >= 11 is 0. The molecule has 0 saturated carbocycles. The van der Waals surface area contributed by atoms with Crippen LogP contribution in [0.15, 0.2) is 36.8 Å². The normalized spacial score (nSPS) is 11.9. The predicted octanol–water partition coefficient (Wildman–Crippen LogP) is 1.79. The van der Waals surface area contributed by atoms with Crippen molar-refractivity contribution in [2.24, 2.45) is 0 Å². The van der Waals surface area contributed by atoms with E-state index in [1.54, 1.807) is 6.33 Å². The number of hydrogen-bond donors (Lipinski definition) is 3. The van der Waals surface area contributed by atoms with Crippen molar-refractivity contribution in [2.75, 3.05) is 5.32 Å². The van der Waals surface area contributed by atoms with E-state index in [1.807, 2.05) is 24.7 Å². The predicted molar refractivity (Wildman–Crippen MR) is 79.0 cm³/mol. The second kappa shape index (κ2) is 5.69. The van der Waals surface area contributed by atoms with Crippen molar-refractivity contribution in [3.8, 4) is 11.3 Å². The van der Waals surface area contributed by atoms with Crippen LogP contribution in [-0.2, 0) is 0 Å². The minimum absolute atomic E-state index is 0.114. The fraction of sp³-hybridized carbons (Fsp3) is 0.333. The zero-order valence-electron chi connectivity index (χ0n) is 11.7. The highest BCUT2D eigenvalue weighted by molar-refractivity contribution is 5.73. The number of aromatic amines is 1. The van der Waals surface area contributed by atoms with E-state index in [4.69, 9.17) is 0 Å². The van der Waals surface area contributed by atoms with Gasteiger partial charge < -0.3 is 4.98 Å². The molecule has 0 amide bonds. The Hall–Kier alpha value is -2.10. The van der Waals surface area contributed by atoms with Crippen LogP contribution in [0, 0.1) is 0 Å². The van der Waals surface area contributed by atoms with Crippen molar-refractivity contribution in [3.63, 3.8) is 0 Å². The van der Waals surface area contributed by atoms with Gasteiger partial charge in [-0.2, -0.15) is 0 Å². The van der Waals surface area contributed by atoms with E-state index in [1.165, 1.54) is 0 Å². The Morgan fingerprint density at radius 2 is 2.05 bits per heavy atom. The van der Waals surface area contributed by atoms with E-state index >= 15 is 0 Å². The van der Waals surface area contributed by atoms with Crippen LogP contribution in [0.2, 0.25) is 0 Å². The van der Waals surface area contributed by atoms with Crippen molar-refractivity contribution in [1.29, 1.82) is 0 Å². The highest BCUT2D eigenvalue weighted by atomic mass is 15.0. The van der Waals surface area contributed by atoms with Gasteiger partial charge in [0.1, 0.15) is 5.69 Å². The Balaban J connectivity index is 2.00. The fourth-order valence-electron chi connectivity index (χ4n) is 1.58. The maximum atomic E-state index is 4.02. The summed E-state index contributed by atoms with van der Waals surface area (Å²) in [6.07, 6.45) is 6.48. The van der Waals surface area contributed by atoms with Gasteiger partial charge in [-0.3, -0.25) is 4.99 Å². The van der Waals surface area contributed by atoms with Crippen molar-refractivity contribution in [1.82, 2.24) is 9.97 Å². The molecule has 1 aromatic heterocycles. The third-order valence-electron chi connectivity index (χ3n) is 3.28. The number of nitrogens with one attached hydrogen (secondary N) is 3. The van der Waals surface area contributed by atoms with Crippen LogP contribution in [0.4, 0.5) is 5.69 Å². The number of rotatable bonds is 5. The summed E-state index contributed by atoms with van der Waals surface area (Å²) < 4.78 is 0. The largest absolute Gasteiger partial charge is 0.345 e. The van der Waals surface area contributed by atoms with E-state index in [0.717, 1.165) is 23.4 Å². The summed E-state index contributed by atoms with van der Waals surface area (Å²) in [5, 5.41) is 3.25. The minimum atomic E-state index is 0.114. The Morgan fingerprint density at radius 3 is 2.63 bits per heavy atom. The zero-order valence-corrected chi connectivity index (χ0v) is 11.7. The Kier molecular flexibility index (Phi) is 4.00. The SMILES string of the molecule is CCC(C)(C)[NH+]=CNc1ccc(-c2cnc[nH]2)cc1. The molecule has 0 saturated heterocycles. The van der Waals surface area contributed by atoms with Crippen LogP contribution in [0.5, 0.6) is 0 Å². The van der Waals surface area contributed by atoms with Gasteiger partial charge in [-0.25, -0.2) is 10.3 Å². The molecule has 3 N–H and O–H groups in total. The lowest BCUT2D eigenvalue weighted by molar-refractivity contribution is -0.540. The molecule has 4 nitrogen and oxygen atoms in total. The third kappa shape index (κ3) is 3.68. The first-order valence-electron chi connectivity index (χ1n) is 6.55. The number of H-pyrrole nitrogens is 1. The molecule has 0 aliphatic heterocycles. The average molecular weight is 257 g/mol. The second-order valence-electron chi connectivity index (χ2n) is 5.21. The highest BCUT2D eigenvalue weighted by Gasteiger charge is 2.13. The van der Waals surface area contributed by atoms with Crippen molar-refractivity contribution < 1.29 is 4.99 Å². The molecular weight excluding hydrogens is 236 g/mol. The van der Waals surface area contributed by atoms with Crippen LogP contribution >= 0.6 is 0 Å². The topological polar surface area (TPSA) is 54.7 Å². The van der Waals surface area contributed by atoms with E-state index < -0.39 is 0 Å². The summed E-state index contributed by atoms with van der Waals surface area (Å²) in [5.41, 5.74) is 3.33. The monoisotopic (exact) mass is 257 g/mol. The van der Waals surface area contributed by atoms with Gasteiger partial charge in [0.2, 0.25) is 6.34 Å². The molecule has 0 aliphatic carbocycles. The number of imidazole rings is 1. The Bertz CT molecular complexity index is 524. The van der Waals surface area contributed by atoms with Gasteiger partial charge in [-0.15, -0.1) is 0 Å². The highest BCUT2D eigenvalue weighted by Crippen LogP contribution is 2.18. The van der Waals surface area contributed by atoms with Gasteiger partial charge in [0.05, 0.1) is 23.8 Å². The lowest BCUT2D eigenvalue weighted by Crippen LogP contribution is -2.83. The summed E-state index contributed by atoms with van der Waals surface area (Å²) in [5.74, 6) is 0. The molecule has 0 unspecified atom stereocenters. The van der Waals surface area contributed by atoms with E-state index in [0.29, 0.717) is 0 Å². The molecule has 100 valence electrons. The van der Waals surface area contributed by atoms with Crippen LogP contribution < -0.4 is 10.3 Å². The molecule has 2 rings (SSSR count). The molecule has 1 aromatic carbocycles. The molecule has 0 radical (unpaired) electrons. The van der Waals surface area contributed by atoms with Gasteiger partial charge in [0.15, 0.2) is 0 Å². The first kappa shape index (κ1) is 13.3. The van der Waals surface area contributed by atoms with Crippen LogP contribution in [-0.4, -0.2) is 21.8 Å². The van der Waals surface area contributed by atoms with Crippen LogP contribution in [0.1, 0.15) is 27.2 Å². The lowest BCUT2D eigenvalue weighted by Gasteiger charge is -2.12. The van der Waals surface area contributed by atoms with Crippen LogP contribution in [0.25, 0.3) is 11.3 Å². The van der Waals surface area contributed by atoms with Crippen LogP contribution in [0.3, 0.4) is 0 Å². The molecule has 0 bridgehead atoms. The smallest absolute Gasteiger partial charge is 0.235 e. The summed E-state index contributed by atoms with van der Waals surface area (Å²) in [6, 6.07) is 8.23. The first-order valence-corrected chi connectivity index (χ1v) is 6.55. The number of aromatic nitrogens is 2. The van der Waals surface area contributed by atoms with Gasteiger partial charge in [-0.05, 0) is 50.1 Å². The molecule has 0 spiro atoms. The molecule has 0 atom stereocenters. The lowest BCUT2D eigenvalue weighted by atomic mass is 10.0. The molecule has 0 aliphatic rings. The quantitative estimate of drug-likeness (QED) is 0.565. The van der Waals surface area contributed by atoms with E-state index in [-0.39, 0.29) is 5.54 Å². The first-order chi connectivity index (χ1) is 9.11. The number of benzene rings is 1. The molecule has 4 heteroatoms. The third-order valence-corrected chi connectivity index (χ3v) is 3.28. The van der Waals surface area contributed by atoms with Gasteiger partial charge in [-0.1, -0.05) is 6.92 Å². The summed E-state index contributed by atoms with van der Waals surface area (Å²) in [6.45, 7) is 6.51. The molecule has 2 aromatic rings. The number of hydrogen-bond acceptors (Lipinski definition) is 1. The van der Waals surface area contributed by atoms with Gasteiger partial charge in [0.25, 0.3) is 0 Å². The van der Waals surface area contributed by atoms with Crippen molar-refractivity contribution >= 4 is 12.0 Å². The summed E-state index contributed by atoms with van der Waals surface area (Å²) in [7, 11) is 0. The van der Waals surface area contributed by atoms with Crippen molar-refractivity contribution in [3.05, 3.63) is 36.8 Å². The van der Waals surface area contributed by atoms with E-state index in [2.05, 4.69) is 53.2 Å². The fourth-order valence-corrected chi connectivity index (χ4v) is 1.58. The average Bonchev–Trinajstić information content (AvgIpc) is 2.93. The Labute approximate surface area is 114 Å². The zero-order chi connectivity index (χ0) is 13.7. The number of anilines is 1. The molecular formula is C15H21N4+. The molecule has 1 heterocycles. The standard InChI is InChI=1S/C15H20N4/c1-4-15(2,3)19-11-17-13-7-5-12(6-8-13)14-9-16-10-18-14/h5-11H,4H2,1-3H3,(H,16,18)(H,17,19)/p+1. The van der Waals surface area contributed by atoms with E-state index in [9.17, 15) is 0 Å².